The molecule has 0 saturated carbocycles. The number of nitrogens with two attached hydrogens (primary N) is 1. The SMILES string of the molecule is Nn1c(SCc2ccc3ccccc3n2)nnc1[C@H]1CCCCO1. The van der Waals surface area contributed by atoms with Crippen LogP contribution in [0.3, 0.4) is 0 Å². The van der Waals surface area contributed by atoms with E-state index in [9.17, 15) is 0 Å². The van der Waals surface area contributed by atoms with Crippen LogP contribution in [0, 0.1) is 0 Å². The third-order valence-corrected chi connectivity index (χ3v) is 5.14. The summed E-state index contributed by atoms with van der Waals surface area (Å²) in [6.07, 6.45) is 3.15. The van der Waals surface area contributed by atoms with Crippen molar-refractivity contribution in [2.45, 2.75) is 36.3 Å². The van der Waals surface area contributed by atoms with Gasteiger partial charge in [-0.2, -0.15) is 0 Å². The van der Waals surface area contributed by atoms with E-state index in [2.05, 4.69) is 27.3 Å². The first kappa shape index (κ1) is 15.4. The number of aromatic nitrogens is 4. The summed E-state index contributed by atoms with van der Waals surface area (Å²) in [6, 6.07) is 12.2. The Morgan fingerprint density at radius 2 is 2.08 bits per heavy atom. The molecular formula is C17H19N5OS. The maximum Gasteiger partial charge on any atom is 0.210 e. The van der Waals surface area contributed by atoms with Gasteiger partial charge in [0.05, 0.1) is 11.2 Å². The van der Waals surface area contributed by atoms with Crippen LogP contribution in [0.5, 0.6) is 0 Å². The van der Waals surface area contributed by atoms with E-state index in [0.717, 1.165) is 42.5 Å². The molecule has 24 heavy (non-hydrogen) atoms. The van der Waals surface area contributed by atoms with Crippen molar-refractivity contribution in [2.24, 2.45) is 0 Å². The number of hydrogen-bond acceptors (Lipinski definition) is 6. The molecule has 0 radical (unpaired) electrons. The van der Waals surface area contributed by atoms with Crippen LogP contribution in [-0.4, -0.2) is 26.5 Å². The van der Waals surface area contributed by atoms with E-state index >= 15 is 0 Å². The zero-order chi connectivity index (χ0) is 16.4. The topological polar surface area (TPSA) is 78.9 Å². The quantitative estimate of drug-likeness (QED) is 0.580. The molecule has 1 saturated heterocycles. The number of nitrogen functional groups attached to an aromatic ring is 1. The molecule has 3 aromatic rings. The van der Waals surface area contributed by atoms with E-state index in [1.54, 1.807) is 4.68 Å². The van der Waals surface area contributed by atoms with Gasteiger partial charge in [-0.3, -0.25) is 4.98 Å². The molecule has 2 aromatic heterocycles. The minimum atomic E-state index is -0.0376. The molecule has 0 bridgehead atoms. The summed E-state index contributed by atoms with van der Waals surface area (Å²) in [5, 5.41) is 10.3. The number of ether oxygens (including phenoxy) is 1. The molecule has 4 rings (SSSR count). The van der Waals surface area contributed by atoms with Gasteiger partial charge in [0.2, 0.25) is 5.16 Å². The normalized spacial score (nSPS) is 18.1. The maximum absolute atomic E-state index is 6.16. The van der Waals surface area contributed by atoms with Crippen LogP contribution in [0.15, 0.2) is 41.6 Å². The van der Waals surface area contributed by atoms with Crippen molar-refractivity contribution in [3.8, 4) is 0 Å². The van der Waals surface area contributed by atoms with Gasteiger partial charge in [-0.15, -0.1) is 10.2 Å². The average Bonchev–Trinajstić information content (AvgIpc) is 3.01. The molecule has 0 amide bonds. The molecule has 3 heterocycles. The van der Waals surface area contributed by atoms with Crippen molar-refractivity contribution in [1.29, 1.82) is 0 Å². The number of pyridine rings is 1. The minimum absolute atomic E-state index is 0.0376. The lowest BCUT2D eigenvalue weighted by Crippen LogP contribution is -2.21. The Balaban J connectivity index is 1.47. The predicted molar refractivity (Wildman–Crippen MR) is 94.0 cm³/mol. The second-order valence-electron chi connectivity index (χ2n) is 5.85. The number of para-hydroxylation sites is 1. The zero-order valence-corrected chi connectivity index (χ0v) is 14.1. The second kappa shape index (κ2) is 6.78. The van der Waals surface area contributed by atoms with Gasteiger partial charge in [0.15, 0.2) is 5.82 Å². The Morgan fingerprint density at radius 3 is 2.96 bits per heavy atom. The van der Waals surface area contributed by atoms with Crippen LogP contribution >= 0.6 is 11.8 Å². The Bertz CT molecular complexity index is 844. The second-order valence-corrected chi connectivity index (χ2v) is 6.79. The van der Waals surface area contributed by atoms with E-state index in [1.807, 2.05) is 24.3 Å². The number of benzene rings is 1. The maximum atomic E-state index is 6.16. The lowest BCUT2D eigenvalue weighted by atomic mass is 10.1. The van der Waals surface area contributed by atoms with Gasteiger partial charge in [-0.1, -0.05) is 36.0 Å². The van der Waals surface area contributed by atoms with Crippen molar-refractivity contribution in [1.82, 2.24) is 19.9 Å². The van der Waals surface area contributed by atoms with Gasteiger partial charge in [-0.05, 0) is 31.4 Å². The largest absolute Gasteiger partial charge is 0.370 e. The Hall–Kier alpha value is -2.12. The Morgan fingerprint density at radius 1 is 1.17 bits per heavy atom. The predicted octanol–water partition coefficient (Wildman–Crippen LogP) is 3.07. The first-order valence-electron chi connectivity index (χ1n) is 8.11. The van der Waals surface area contributed by atoms with Gasteiger partial charge in [-0.25, -0.2) is 4.68 Å². The molecule has 0 aliphatic carbocycles. The van der Waals surface area contributed by atoms with E-state index in [-0.39, 0.29) is 6.10 Å². The van der Waals surface area contributed by atoms with E-state index < -0.39 is 0 Å². The van der Waals surface area contributed by atoms with E-state index in [4.69, 9.17) is 10.6 Å². The lowest BCUT2D eigenvalue weighted by molar-refractivity contribution is 0.00780. The van der Waals surface area contributed by atoms with Crippen LogP contribution in [0.2, 0.25) is 0 Å². The molecule has 0 spiro atoms. The summed E-state index contributed by atoms with van der Waals surface area (Å²) < 4.78 is 7.30. The summed E-state index contributed by atoms with van der Waals surface area (Å²) in [4.78, 5) is 4.67. The third-order valence-electron chi connectivity index (χ3n) is 4.16. The van der Waals surface area contributed by atoms with E-state index in [0.29, 0.717) is 16.7 Å². The highest BCUT2D eigenvalue weighted by Gasteiger charge is 2.23. The lowest BCUT2D eigenvalue weighted by Gasteiger charge is -2.21. The number of thioether (sulfide) groups is 1. The average molecular weight is 341 g/mol. The molecule has 7 heteroatoms. The Labute approximate surface area is 144 Å². The van der Waals surface area contributed by atoms with Gasteiger partial charge < -0.3 is 10.6 Å². The highest BCUT2D eigenvalue weighted by atomic mass is 32.2. The van der Waals surface area contributed by atoms with Crippen molar-refractivity contribution in [3.63, 3.8) is 0 Å². The smallest absolute Gasteiger partial charge is 0.210 e. The van der Waals surface area contributed by atoms with Crippen molar-refractivity contribution >= 4 is 22.7 Å². The first-order chi connectivity index (χ1) is 11.8. The molecule has 1 atom stereocenters. The number of hydrogen-bond donors (Lipinski definition) is 1. The van der Waals surface area contributed by atoms with Crippen LogP contribution < -0.4 is 5.84 Å². The van der Waals surface area contributed by atoms with Crippen LogP contribution in [0.4, 0.5) is 0 Å². The first-order valence-corrected chi connectivity index (χ1v) is 9.09. The molecule has 1 aliphatic heterocycles. The summed E-state index contributed by atoms with van der Waals surface area (Å²) in [6.45, 7) is 0.765. The van der Waals surface area contributed by atoms with Crippen molar-refractivity contribution in [3.05, 3.63) is 47.9 Å². The highest BCUT2D eigenvalue weighted by Crippen LogP contribution is 2.28. The van der Waals surface area contributed by atoms with Gasteiger partial charge >= 0.3 is 0 Å². The summed E-state index contributed by atoms with van der Waals surface area (Å²) in [5.74, 6) is 7.57. The van der Waals surface area contributed by atoms with Crippen molar-refractivity contribution < 1.29 is 4.74 Å². The van der Waals surface area contributed by atoms with Gasteiger partial charge in [0.1, 0.15) is 6.10 Å². The fourth-order valence-electron chi connectivity index (χ4n) is 2.88. The molecule has 1 aromatic carbocycles. The Kier molecular flexibility index (Phi) is 4.36. The summed E-state index contributed by atoms with van der Waals surface area (Å²) in [5.41, 5.74) is 2.00. The van der Waals surface area contributed by atoms with E-state index in [1.165, 1.54) is 11.8 Å². The van der Waals surface area contributed by atoms with Crippen molar-refractivity contribution in [2.75, 3.05) is 12.4 Å². The molecular weight excluding hydrogens is 322 g/mol. The molecule has 6 nitrogen and oxygen atoms in total. The number of fused-ring (bicyclic) bond motifs is 1. The molecule has 0 unspecified atom stereocenters. The standard InChI is InChI=1S/C17H19N5OS/c18-22-16(15-7-3-4-10-23-15)20-21-17(22)24-11-13-9-8-12-5-1-2-6-14(12)19-13/h1-2,5-6,8-9,15H,3-4,7,10-11,18H2/t15-/m1/s1. The minimum Gasteiger partial charge on any atom is -0.370 e. The van der Waals surface area contributed by atoms with Crippen LogP contribution in [0.25, 0.3) is 10.9 Å². The monoisotopic (exact) mass is 341 g/mol. The third kappa shape index (κ3) is 3.09. The fraction of sp³-hybridized carbons (Fsp3) is 0.353. The zero-order valence-electron chi connectivity index (χ0n) is 13.3. The number of rotatable bonds is 4. The van der Waals surface area contributed by atoms with Gasteiger partial charge in [0, 0.05) is 17.7 Å². The molecule has 1 aliphatic rings. The summed E-state index contributed by atoms with van der Waals surface area (Å²) >= 11 is 1.54. The fourth-order valence-corrected chi connectivity index (χ4v) is 3.65. The number of nitrogens with zero attached hydrogens (tertiary/aromatic N) is 4. The molecule has 124 valence electrons. The van der Waals surface area contributed by atoms with Gasteiger partial charge in [0.25, 0.3) is 0 Å². The highest BCUT2D eigenvalue weighted by molar-refractivity contribution is 7.98. The molecule has 1 fully saturated rings. The molecule has 2 N–H and O–H groups in total. The van der Waals surface area contributed by atoms with Crippen LogP contribution in [-0.2, 0) is 10.5 Å². The summed E-state index contributed by atoms with van der Waals surface area (Å²) in [7, 11) is 0. The van der Waals surface area contributed by atoms with Crippen LogP contribution in [0.1, 0.15) is 36.9 Å².